The fraction of sp³-hybridized carbons (Fsp3) is 0.400. The lowest BCUT2D eigenvalue weighted by molar-refractivity contribution is -0.217. The average molecular weight is 550 g/mol. The van der Waals surface area contributed by atoms with E-state index in [-0.39, 0.29) is 29.8 Å². The minimum atomic E-state index is -5.38. The molecular formula is C25H25F3N4O7. The van der Waals surface area contributed by atoms with Crippen molar-refractivity contribution in [1.29, 1.82) is 0 Å². The molecular weight excluding hydrogens is 525 g/mol. The Kier molecular flexibility index (Phi) is 8.21. The second kappa shape index (κ2) is 11.6. The first kappa shape index (κ1) is 27.7. The van der Waals surface area contributed by atoms with Gasteiger partial charge in [0, 0.05) is 24.2 Å². The zero-order valence-corrected chi connectivity index (χ0v) is 20.8. The van der Waals surface area contributed by atoms with Gasteiger partial charge in [-0.3, -0.25) is 4.79 Å². The third kappa shape index (κ3) is 6.94. The minimum absolute atomic E-state index is 0.0712. The van der Waals surface area contributed by atoms with Crippen LogP contribution in [0.25, 0.3) is 0 Å². The Morgan fingerprint density at radius 1 is 1.10 bits per heavy atom. The van der Waals surface area contributed by atoms with Crippen molar-refractivity contribution in [2.75, 3.05) is 18.7 Å². The summed E-state index contributed by atoms with van der Waals surface area (Å²) in [4.78, 5) is 32.4. The molecule has 0 saturated carbocycles. The fourth-order valence-corrected chi connectivity index (χ4v) is 4.09. The Morgan fingerprint density at radius 2 is 1.90 bits per heavy atom. The molecule has 1 atom stereocenters. The normalized spacial score (nSPS) is 14.1. The van der Waals surface area contributed by atoms with Crippen LogP contribution < -0.4 is 14.8 Å². The molecule has 2 N–H and O–H groups in total. The number of nitrogens with one attached hydrogen (secondary N) is 1. The Morgan fingerprint density at radius 3 is 2.64 bits per heavy atom. The molecule has 14 heteroatoms. The summed E-state index contributed by atoms with van der Waals surface area (Å²) in [6, 6.07) is 9.56. The molecule has 1 aliphatic heterocycles. The molecule has 0 bridgehead atoms. The van der Waals surface area contributed by atoms with Crippen molar-refractivity contribution in [2.45, 2.75) is 50.8 Å². The van der Waals surface area contributed by atoms with Gasteiger partial charge < -0.3 is 29.2 Å². The number of aryl methyl sites for hydroxylation is 2. The Bertz CT molecular complexity index is 1330. The summed E-state index contributed by atoms with van der Waals surface area (Å²) in [7, 11) is 0. The first-order valence-corrected chi connectivity index (χ1v) is 12.0. The lowest BCUT2D eigenvalue weighted by Crippen LogP contribution is -2.41. The maximum atomic E-state index is 13.2. The molecule has 0 saturated heterocycles. The number of alkyl halides is 3. The molecule has 1 unspecified atom stereocenters. The summed E-state index contributed by atoms with van der Waals surface area (Å²) in [5.41, 5.74) is -1.56. The molecule has 11 nitrogen and oxygen atoms in total. The van der Waals surface area contributed by atoms with Crippen molar-refractivity contribution in [2.24, 2.45) is 0 Å². The standard InChI is InChI=1S/C25H25F3N4O7/c1-2-29-19-7-3-5-16(30-19)6-4-8-20-31-21(39-32-20)12-24(13-22(33)34,38-23(35)25(26,27)28)15-9-10-17-18(11-15)37-14-36-17/h3,5,7,9-11H,2,4,6,8,12-14H2,1H3,(H,29,30)(H,33,34). The molecule has 0 radical (unpaired) electrons. The van der Waals surface area contributed by atoms with Crippen LogP contribution in [0, 0.1) is 0 Å². The second-order valence-corrected chi connectivity index (χ2v) is 8.70. The smallest absolute Gasteiger partial charge is 0.481 e. The van der Waals surface area contributed by atoms with Crippen LogP contribution in [-0.4, -0.2) is 51.7 Å². The number of carboxylic acids is 1. The van der Waals surface area contributed by atoms with E-state index in [2.05, 4.69) is 20.4 Å². The summed E-state index contributed by atoms with van der Waals surface area (Å²) in [6.45, 7) is 2.56. The topological polar surface area (TPSA) is 146 Å². The van der Waals surface area contributed by atoms with Crippen LogP contribution in [0.4, 0.5) is 19.0 Å². The highest BCUT2D eigenvalue weighted by Gasteiger charge is 2.49. The SMILES string of the molecule is CCNc1cccc(CCCc2noc(CC(CC(=O)O)(OC(=O)C(F)(F)F)c3ccc4c(c3)OCO4)n2)n1. The molecule has 4 rings (SSSR count). The number of aromatic nitrogens is 3. The van der Waals surface area contributed by atoms with E-state index >= 15 is 0 Å². The maximum absolute atomic E-state index is 13.2. The van der Waals surface area contributed by atoms with Gasteiger partial charge >= 0.3 is 18.1 Å². The number of esters is 1. The van der Waals surface area contributed by atoms with Crippen molar-refractivity contribution < 1.29 is 46.6 Å². The Labute approximate surface area is 220 Å². The van der Waals surface area contributed by atoms with Crippen molar-refractivity contribution >= 4 is 17.8 Å². The molecule has 208 valence electrons. The number of hydrogen-bond acceptors (Lipinski definition) is 10. The van der Waals surface area contributed by atoms with Gasteiger partial charge in [0.05, 0.1) is 12.8 Å². The highest BCUT2D eigenvalue weighted by Crippen LogP contribution is 2.41. The number of ether oxygens (including phenoxy) is 3. The van der Waals surface area contributed by atoms with E-state index in [9.17, 15) is 27.9 Å². The van der Waals surface area contributed by atoms with Gasteiger partial charge in [0.2, 0.25) is 12.7 Å². The zero-order chi connectivity index (χ0) is 28.0. The number of halogens is 3. The highest BCUT2D eigenvalue weighted by atomic mass is 19.4. The number of carbonyl (C=O) groups excluding carboxylic acids is 1. The lowest BCUT2D eigenvalue weighted by Gasteiger charge is -2.32. The number of hydrogen-bond donors (Lipinski definition) is 2. The Hall–Kier alpha value is -4.36. The number of anilines is 1. The molecule has 1 aromatic carbocycles. The molecule has 0 aliphatic carbocycles. The molecule has 1 aliphatic rings. The quantitative estimate of drug-likeness (QED) is 0.317. The number of fused-ring (bicyclic) bond motifs is 1. The van der Waals surface area contributed by atoms with E-state index in [1.165, 1.54) is 18.2 Å². The number of pyridine rings is 1. The predicted octanol–water partition coefficient (Wildman–Crippen LogP) is 3.82. The summed E-state index contributed by atoms with van der Waals surface area (Å²) < 4.78 is 60.2. The molecule has 0 fully saturated rings. The molecule has 39 heavy (non-hydrogen) atoms. The minimum Gasteiger partial charge on any atom is -0.481 e. The summed E-state index contributed by atoms with van der Waals surface area (Å²) >= 11 is 0. The second-order valence-electron chi connectivity index (χ2n) is 8.70. The van der Waals surface area contributed by atoms with Gasteiger partial charge in [0.25, 0.3) is 0 Å². The van der Waals surface area contributed by atoms with Crippen LogP contribution in [0.3, 0.4) is 0 Å². The third-order valence-corrected chi connectivity index (χ3v) is 5.80. The summed E-state index contributed by atoms with van der Waals surface area (Å²) in [5.74, 6) is -2.82. The zero-order valence-electron chi connectivity index (χ0n) is 20.8. The number of rotatable bonds is 12. The molecule has 3 aromatic rings. The largest absolute Gasteiger partial charge is 0.490 e. The first-order chi connectivity index (χ1) is 18.6. The van der Waals surface area contributed by atoms with Crippen molar-refractivity contribution in [3.8, 4) is 11.5 Å². The van der Waals surface area contributed by atoms with Crippen LogP contribution in [0.15, 0.2) is 40.9 Å². The van der Waals surface area contributed by atoms with Crippen molar-refractivity contribution in [3.63, 3.8) is 0 Å². The molecule has 0 spiro atoms. The van der Waals surface area contributed by atoms with Crippen molar-refractivity contribution in [3.05, 3.63) is 59.4 Å². The van der Waals surface area contributed by atoms with E-state index in [4.69, 9.17) is 18.7 Å². The van der Waals surface area contributed by atoms with Gasteiger partial charge in [0.15, 0.2) is 22.9 Å². The van der Waals surface area contributed by atoms with E-state index < -0.39 is 36.6 Å². The van der Waals surface area contributed by atoms with Gasteiger partial charge in [-0.05, 0) is 44.0 Å². The summed E-state index contributed by atoms with van der Waals surface area (Å²) in [6.07, 6.45) is -5.47. The van der Waals surface area contributed by atoms with Crippen molar-refractivity contribution in [1.82, 2.24) is 15.1 Å². The average Bonchev–Trinajstić information content (AvgIpc) is 3.52. The first-order valence-electron chi connectivity index (χ1n) is 12.0. The Balaban J connectivity index is 1.55. The van der Waals surface area contributed by atoms with Gasteiger partial charge in [-0.25, -0.2) is 9.78 Å². The third-order valence-electron chi connectivity index (χ3n) is 5.80. The van der Waals surface area contributed by atoms with Gasteiger partial charge in [0.1, 0.15) is 5.82 Å². The predicted molar refractivity (Wildman–Crippen MR) is 127 cm³/mol. The van der Waals surface area contributed by atoms with Crippen LogP contribution >= 0.6 is 0 Å². The monoisotopic (exact) mass is 550 g/mol. The van der Waals surface area contributed by atoms with Crippen LogP contribution in [-0.2, 0) is 39.2 Å². The van der Waals surface area contributed by atoms with Crippen LogP contribution in [0.1, 0.15) is 42.7 Å². The number of nitrogens with zero attached hydrogens (tertiary/aromatic N) is 3. The molecule has 2 aromatic heterocycles. The highest BCUT2D eigenvalue weighted by molar-refractivity contribution is 5.77. The fourth-order valence-electron chi connectivity index (χ4n) is 4.09. The lowest BCUT2D eigenvalue weighted by atomic mass is 9.86. The number of carboxylic acid groups (broad SMARTS) is 1. The molecule has 3 heterocycles. The van der Waals surface area contributed by atoms with Gasteiger partial charge in [-0.1, -0.05) is 17.3 Å². The van der Waals surface area contributed by atoms with Crippen LogP contribution in [0.5, 0.6) is 11.5 Å². The van der Waals surface area contributed by atoms with E-state index in [0.717, 1.165) is 18.1 Å². The van der Waals surface area contributed by atoms with E-state index in [1.807, 2.05) is 25.1 Å². The number of aliphatic carboxylic acids is 1. The van der Waals surface area contributed by atoms with E-state index in [1.54, 1.807) is 0 Å². The number of benzene rings is 1. The molecule has 0 amide bonds. The van der Waals surface area contributed by atoms with E-state index in [0.29, 0.717) is 25.0 Å². The van der Waals surface area contributed by atoms with Gasteiger partial charge in [-0.15, -0.1) is 0 Å². The van der Waals surface area contributed by atoms with Gasteiger partial charge in [-0.2, -0.15) is 18.2 Å². The maximum Gasteiger partial charge on any atom is 0.490 e. The number of carbonyl (C=O) groups is 2. The summed E-state index contributed by atoms with van der Waals surface area (Å²) in [5, 5.41) is 16.6. The van der Waals surface area contributed by atoms with Crippen LogP contribution in [0.2, 0.25) is 0 Å².